The highest BCUT2D eigenvalue weighted by Crippen LogP contribution is 2.22. The minimum Gasteiger partial charge on any atom is -0.391 e. The second-order valence-electron chi connectivity index (χ2n) is 4.65. The lowest BCUT2D eigenvalue weighted by atomic mass is 10.1. The van der Waals surface area contributed by atoms with Crippen molar-refractivity contribution < 1.29 is 10.0 Å². The predicted molar refractivity (Wildman–Crippen MR) is 79.4 cm³/mol. The van der Waals surface area contributed by atoms with Gasteiger partial charge in [-0.25, -0.2) is 0 Å². The van der Waals surface area contributed by atoms with Crippen LogP contribution in [0.3, 0.4) is 0 Å². The summed E-state index contributed by atoms with van der Waals surface area (Å²) in [5.41, 5.74) is 0.611. The molecular weight excluding hydrogens is 305 g/mol. The Morgan fingerprint density at radius 3 is 2.85 bits per heavy atom. The molecule has 20 heavy (non-hydrogen) atoms. The van der Waals surface area contributed by atoms with Gasteiger partial charge in [0.05, 0.1) is 11.0 Å². The number of benzene rings is 1. The Morgan fingerprint density at radius 2 is 2.25 bits per heavy atom. The van der Waals surface area contributed by atoms with Crippen LogP contribution in [-0.4, -0.2) is 35.8 Å². The smallest absolute Gasteiger partial charge is 0.273 e. The van der Waals surface area contributed by atoms with Gasteiger partial charge in [0.25, 0.3) is 5.69 Å². The van der Waals surface area contributed by atoms with E-state index in [1.165, 1.54) is 12.1 Å². The Kier molecular flexibility index (Phi) is 6.64. The highest BCUT2D eigenvalue weighted by Gasteiger charge is 2.24. The van der Waals surface area contributed by atoms with Gasteiger partial charge in [-0.05, 0) is 12.1 Å². The fraction of sp³-hybridized carbons (Fsp3) is 0.500. The van der Waals surface area contributed by atoms with E-state index in [1.54, 1.807) is 6.07 Å². The van der Waals surface area contributed by atoms with Gasteiger partial charge in [-0.3, -0.25) is 10.1 Å². The van der Waals surface area contributed by atoms with Crippen molar-refractivity contribution in [2.45, 2.75) is 12.6 Å². The maximum atomic E-state index is 10.9. The van der Waals surface area contributed by atoms with Gasteiger partial charge in [0.2, 0.25) is 0 Å². The molecule has 2 unspecified atom stereocenters. The fourth-order valence-electron chi connectivity index (χ4n) is 2.19. The molecule has 1 aliphatic heterocycles. The number of rotatable bonds is 5. The van der Waals surface area contributed by atoms with Crippen LogP contribution in [0.25, 0.3) is 0 Å². The van der Waals surface area contributed by atoms with E-state index >= 15 is 0 Å². The molecule has 0 radical (unpaired) electrons. The molecule has 1 fully saturated rings. The molecule has 2 rings (SSSR count). The molecule has 0 amide bonds. The number of nitro benzene ring substituents is 1. The van der Waals surface area contributed by atoms with E-state index in [0.717, 1.165) is 6.54 Å². The van der Waals surface area contributed by atoms with E-state index < -0.39 is 4.92 Å². The minimum absolute atomic E-state index is 0. The summed E-state index contributed by atoms with van der Waals surface area (Å²) in [5, 5.41) is 27.2. The van der Waals surface area contributed by atoms with E-state index in [-0.39, 0.29) is 30.1 Å². The summed E-state index contributed by atoms with van der Waals surface area (Å²) in [6, 6.07) is 4.51. The minimum atomic E-state index is -0.417. The average Bonchev–Trinajstić information content (AvgIpc) is 2.75. The Labute approximate surface area is 128 Å². The highest BCUT2D eigenvalue weighted by molar-refractivity contribution is 6.30. The molecule has 1 saturated heterocycles. The van der Waals surface area contributed by atoms with Gasteiger partial charge in [-0.2, -0.15) is 0 Å². The largest absolute Gasteiger partial charge is 0.391 e. The van der Waals surface area contributed by atoms with Crippen molar-refractivity contribution in [3.8, 4) is 0 Å². The molecule has 2 atom stereocenters. The zero-order valence-electron chi connectivity index (χ0n) is 10.7. The first-order chi connectivity index (χ1) is 9.08. The number of hydrogen-bond donors (Lipinski definition) is 3. The third-order valence-electron chi connectivity index (χ3n) is 3.26. The summed E-state index contributed by atoms with van der Waals surface area (Å²) in [6.07, 6.45) is -0.359. The maximum Gasteiger partial charge on any atom is 0.273 e. The van der Waals surface area contributed by atoms with Crippen molar-refractivity contribution in [2.24, 2.45) is 5.92 Å². The lowest BCUT2D eigenvalue weighted by Crippen LogP contribution is -2.30. The van der Waals surface area contributed by atoms with Crippen LogP contribution < -0.4 is 10.6 Å². The van der Waals surface area contributed by atoms with Gasteiger partial charge in [0.15, 0.2) is 0 Å². The summed E-state index contributed by atoms with van der Waals surface area (Å²) in [5.74, 6) is 0.137. The standard InChI is InChI=1S/C12H16ClN3O3.ClH/c13-10-1-2-11(16(18)19)8(3-10)4-14-5-9-6-15-7-12(9)17;/h1-3,9,12,14-15,17H,4-7H2;1H. The molecule has 8 heteroatoms. The number of nitrogens with zero attached hydrogens (tertiary/aromatic N) is 1. The summed E-state index contributed by atoms with van der Waals surface area (Å²) in [4.78, 5) is 10.5. The Morgan fingerprint density at radius 1 is 1.50 bits per heavy atom. The average molecular weight is 322 g/mol. The van der Waals surface area contributed by atoms with Gasteiger partial charge >= 0.3 is 0 Å². The number of halogens is 2. The number of aliphatic hydroxyl groups excluding tert-OH is 1. The van der Waals surface area contributed by atoms with Gasteiger partial charge in [-0.1, -0.05) is 11.6 Å². The van der Waals surface area contributed by atoms with Crippen molar-refractivity contribution in [2.75, 3.05) is 19.6 Å². The third kappa shape index (κ3) is 4.29. The number of nitro groups is 1. The van der Waals surface area contributed by atoms with Gasteiger partial charge in [0.1, 0.15) is 0 Å². The van der Waals surface area contributed by atoms with Crippen molar-refractivity contribution >= 4 is 29.7 Å². The first-order valence-corrected chi connectivity index (χ1v) is 6.48. The number of aliphatic hydroxyl groups is 1. The van der Waals surface area contributed by atoms with E-state index in [9.17, 15) is 15.2 Å². The quantitative estimate of drug-likeness (QED) is 0.562. The van der Waals surface area contributed by atoms with E-state index in [2.05, 4.69) is 10.6 Å². The van der Waals surface area contributed by atoms with Crippen molar-refractivity contribution in [1.29, 1.82) is 0 Å². The molecule has 6 nitrogen and oxygen atoms in total. The Balaban J connectivity index is 0.00000200. The van der Waals surface area contributed by atoms with Gasteiger partial charge in [-0.15, -0.1) is 12.4 Å². The van der Waals surface area contributed by atoms with E-state index in [4.69, 9.17) is 11.6 Å². The first-order valence-electron chi connectivity index (χ1n) is 6.10. The molecule has 0 spiro atoms. The molecule has 1 aromatic rings. The molecule has 0 aromatic heterocycles. The SMILES string of the molecule is Cl.O=[N+]([O-])c1ccc(Cl)cc1CNCC1CNCC1O. The van der Waals surface area contributed by atoms with E-state index in [1.807, 2.05) is 0 Å². The van der Waals surface area contributed by atoms with Gasteiger partial charge in [0, 0.05) is 48.7 Å². The van der Waals surface area contributed by atoms with Crippen molar-refractivity contribution in [3.63, 3.8) is 0 Å². The molecule has 0 aliphatic carbocycles. The molecule has 112 valence electrons. The van der Waals surface area contributed by atoms with Crippen LogP contribution in [0.5, 0.6) is 0 Å². The van der Waals surface area contributed by atoms with Crippen LogP contribution >= 0.6 is 24.0 Å². The molecular formula is C12H17Cl2N3O3. The number of nitrogens with one attached hydrogen (secondary N) is 2. The Bertz CT molecular complexity index is 473. The molecule has 1 heterocycles. The lowest BCUT2D eigenvalue weighted by molar-refractivity contribution is -0.385. The van der Waals surface area contributed by atoms with Crippen LogP contribution in [0, 0.1) is 16.0 Å². The first kappa shape index (κ1) is 17.1. The Hall–Kier alpha value is -0.920. The van der Waals surface area contributed by atoms with Crippen molar-refractivity contribution in [3.05, 3.63) is 38.9 Å². The van der Waals surface area contributed by atoms with Crippen LogP contribution in [0.4, 0.5) is 5.69 Å². The van der Waals surface area contributed by atoms with Crippen molar-refractivity contribution in [1.82, 2.24) is 10.6 Å². The normalized spacial score (nSPS) is 21.5. The summed E-state index contributed by atoms with van der Waals surface area (Å²) < 4.78 is 0. The molecule has 1 aliphatic rings. The zero-order valence-corrected chi connectivity index (χ0v) is 12.3. The summed E-state index contributed by atoms with van der Waals surface area (Å²) in [7, 11) is 0. The van der Waals surface area contributed by atoms with Crippen LogP contribution in [0.1, 0.15) is 5.56 Å². The number of hydrogen-bond acceptors (Lipinski definition) is 5. The van der Waals surface area contributed by atoms with Gasteiger partial charge < -0.3 is 15.7 Å². The second kappa shape index (κ2) is 7.75. The zero-order chi connectivity index (χ0) is 13.8. The third-order valence-corrected chi connectivity index (χ3v) is 3.50. The van der Waals surface area contributed by atoms with Crippen LogP contribution in [-0.2, 0) is 6.54 Å². The molecule has 3 N–H and O–H groups in total. The lowest BCUT2D eigenvalue weighted by Gasteiger charge is -2.14. The molecule has 0 bridgehead atoms. The molecule has 0 saturated carbocycles. The molecule has 1 aromatic carbocycles. The monoisotopic (exact) mass is 321 g/mol. The van der Waals surface area contributed by atoms with Crippen LogP contribution in [0.15, 0.2) is 18.2 Å². The highest BCUT2D eigenvalue weighted by atomic mass is 35.5. The maximum absolute atomic E-state index is 10.9. The summed E-state index contributed by atoms with van der Waals surface area (Å²) >= 11 is 5.85. The van der Waals surface area contributed by atoms with E-state index in [0.29, 0.717) is 30.2 Å². The predicted octanol–water partition coefficient (Wildman–Crippen LogP) is 1.34. The topological polar surface area (TPSA) is 87.4 Å². The number of β-amino-alcohol motifs (C(OH)–C–C–N with tert-alkyl or cyclic N) is 1. The summed E-state index contributed by atoms with van der Waals surface area (Å²) in [6.45, 7) is 2.33. The fourth-order valence-corrected chi connectivity index (χ4v) is 2.39. The van der Waals surface area contributed by atoms with Crippen LogP contribution in [0.2, 0.25) is 5.02 Å². The second-order valence-corrected chi connectivity index (χ2v) is 5.08.